The number of nitrogens with one attached hydrogen (secondary N) is 2. The van der Waals surface area contributed by atoms with E-state index in [1.807, 2.05) is 42.8 Å². The lowest BCUT2D eigenvalue weighted by atomic mass is 10.2. The van der Waals surface area contributed by atoms with E-state index in [2.05, 4.69) is 40.0 Å². The molecule has 0 fully saturated rings. The summed E-state index contributed by atoms with van der Waals surface area (Å²) in [5, 5.41) is 6.33. The normalized spacial score (nSPS) is 9.52. The van der Waals surface area contributed by atoms with Crippen LogP contribution in [0.5, 0.6) is 5.75 Å². The van der Waals surface area contributed by atoms with Gasteiger partial charge in [0.2, 0.25) is 0 Å². The Morgan fingerprint density at radius 3 is 2.88 bits per heavy atom. The van der Waals surface area contributed by atoms with Crippen LogP contribution < -0.4 is 15.4 Å². The topological polar surface area (TPSA) is 51.1 Å². The summed E-state index contributed by atoms with van der Waals surface area (Å²) in [7, 11) is 3.54. The Morgan fingerprint density at radius 2 is 2.20 bits per heavy atom. The van der Waals surface area contributed by atoms with Gasteiger partial charge in [-0.05, 0) is 31.0 Å². The molecule has 1 heterocycles. The number of anilines is 1. The first-order valence-electron chi connectivity index (χ1n) is 7.94. The van der Waals surface area contributed by atoms with E-state index in [-0.39, 0.29) is 0 Å². The molecule has 2 rings (SSSR count). The van der Waals surface area contributed by atoms with Crippen molar-refractivity contribution in [3.8, 4) is 29.9 Å². The molecule has 0 saturated heterocycles. The van der Waals surface area contributed by atoms with Crippen molar-refractivity contribution in [2.75, 3.05) is 25.5 Å². The molecule has 0 aliphatic rings. The van der Waals surface area contributed by atoms with Crippen LogP contribution in [0.2, 0.25) is 0 Å². The molecule has 128 valence electrons. The molecule has 0 spiro atoms. The molecular formula is C20H22N4O. The van der Waals surface area contributed by atoms with Gasteiger partial charge >= 0.3 is 0 Å². The highest BCUT2D eigenvalue weighted by Crippen LogP contribution is 2.21. The largest absolute Gasteiger partial charge is 0.497 e. The Hall–Kier alpha value is -3.31. The minimum absolute atomic E-state index is 0.403. The molecule has 5 heteroatoms. The molecular weight excluding hydrogens is 312 g/mol. The maximum atomic E-state index is 5.31. The predicted molar refractivity (Wildman–Crippen MR) is 102 cm³/mol. The molecule has 2 N–H and O–H groups in total. The highest BCUT2D eigenvalue weighted by molar-refractivity contribution is 5.70. The van der Waals surface area contributed by atoms with Gasteiger partial charge in [0.15, 0.2) is 11.6 Å². The van der Waals surface area contributed by atoms with Gasteiger partial charge in [0.25, 0.3) is 0 Å². The van der Waals surface area contributed by atoms with Crippen molar-refractivity contribution < 1.29 is 4.74 Å². The van der Waals surface area contributed by atoms with E-state index in [9.17, 15) is 0 Å². The molecule has 0 unspecified atom stereocenters. The second kappa shape index (κ2) is 8.52. The van der Waals surface area contributed by atoms with Crippen LogP contribution in [0.4, 0.5) is 5.82 Å². The van der Waals surface area contributed by atoms with E-state index >= 15 is 0 Å². The lowest BCUT2D eigenvalue weighted by Crippen LogP contribution is -2.15. The average Bonchev–Trinajstić information content (AvgIpc) is 2.94. The first kappa shape index (κ1) is 18.0. The first-order valence-corrected chi connectivity index (χ1v) is 7.94. The minimum atomic E-state index is 0.403. The van der Waals surface area contributed by atoms with Gasteiger partial charge in [0.1, 0.15) is 11.4 Å². The summed E-state index contributed by atoms with van der Waals surface area (Å²) in [5.74, 6) is 10.9. The number of rotatable bonds is 6. The molecule has 2 aromatic rings. The molecule has 1 aromatic heterocycles. The van der Waals surface area contributed by atoms with Crippen LogP contribution >= 0.6 is 0 Å². The van der Waals surface area contributed by atoms with E-state index < -0.39 is 0 Å². The van der Waals surface area contributed by atoms with Gasteiger partial charge in [-0.25, -0.2) is 4.98 Å². The van der Waals surface area contributed by atoms with Crippen molar-refractivity contribution in [3.05, 3.63) is 47.9 Å². The summed E-state index contributed by atoms with van der Waals surface area (Å²) in [6.45, 7) is 7.21. The van der Waals surface area contributed by atoms with Crippen molar-refractivity contribution >= 4 is 11.5 Å². The Morgan fingerprint density at radius 1 is 1.40 bits per heavy atom. The molecule has 5 nitrogen and oxygen atoms in total. The molecule has 0 radical (unpaired) electrons. The fourth-order valence-corrected chi connectivity index (χ4v) is 2.32. The zero-order valence-corrected chi connectivity index (χ0v) is 14.8. The van der Waals surface area contributed by atoms with Crippen molar-refractivity contribution in [3.63, 3.8) is 0 Å². The van der Waals surface area contributed by atoms with E-state index in [4.69, 9.17) is 11.2 Å². The van der Waals surface area contributed by atoms with Crippen molar-refractivity contribution in [1.82, 2.24) is 14.9 Å². The van der Waals surface area contributed by atoms with E-state index in [0.29, 0.717) is 18.1 Å². The van der Waals surface area contributed by atoms with Gasteiger partial charge in [-0.15, -0.1) is 6.42 Å². The fourth-order valence-electron chi connectivity index (χ4n) is 2.32. The summed E-state index contributed by atoms with van der Waals surface area (Å²) >= 11 is 0. The zero-order chi connectivity index (χ0) is 18.2. The van der Waals surface area contributed by atoms with E-state index in [1.54, 1.807) is 7.11 Å². The molecule has 0 aliphatic heterocycles. The first-order chi connectivity index (χ1) is 12.1. The van der Waals surface area contributed by atoms with Gasteiger partial charge in [-0.3, -0.25) is 0 Å². The second-order valence-electron chi connectivity index (χ2n) is 5.24. The molecule has 0 saturated carbocycles. The Bertz CT molecular complexity index is 862. The number of ether oxygens (including phenoxy) is 1. The summed E-state index contributed by atoms with van der Waals surface area (Å²) in [4.78, 5) is 4.58. The summed E-state index contributed by atoms with van der Waals surface area (Å²) in [6, 6.07) is 7.60. The third-order valence-electron chi connectivity index (χ3n) is 3.52. The molecule has 0 bridgehead atoms. The van der Waals surface area contributed by atoms with Crippen molar-refractivity contribution in [2.45, 2.75) is 6.92 Å². The molecule has 0 atom stereocenters. The summed E-state index contributed by atoms with van der Waals surface area (Å²) in [6.07, 6.45) is 5.31. The van der Waals surface area contributed by atoms with Crippen molar-refractivity contribution in [1.29, 1.82) is 0 Å². The van der Waals surface area contributed by atoms with Crippen LogP contribution in [0.25, 0.3) is 5.70 Å². The predicted octanol–water partition coefficient (Wildman–Crippen LogP) is 2.45. The van der Waals surface area contributed by atoms with E-state index in [0.717, 1.165) is 29.4 Å². The Labute approximate surface area is 149 Å². The number of imidazole rings is 1. The molecule has 0 amide bonds. The Kier molecular flexibility index (Phi) is 6.14. The number of methoxy groups -OCH3 is 1. The molecule has 25 heavy (non-hydrogen) atoms. The lowest BCUT2D eigenvalue weighted by molar-refractivity contribution is 0.414. The number of nitrogens with zero attached hydrogens (tertiary/aromatic N) is 2. The van der Waals surface area contributed by atoms with Crippen LogP contribution in [0.3, 0.4) is 0 Å². The van der Waals surface area contributed by atoms with Gasteiger partial charge < -0.3 is 19.9 Å². The Balaban J connectivity index is 2.37. The van der Waals surface area contributed by atoms with Crippen LogP contribution in [-0.4, -0.2) is 29.8 Å². The van der Waals surface area contributed by atoms with Gasteiger partial charge in [0.05, 0.1) is 19.4 Å². The molecule has 1 aromatic carbocycles. The zero-order valence-electron chi connectivity index (χ0n) is 14.8. The summed E-state index contributed by atoms with van der Waals surface area (Å²) < 4.78 is 7.12. The number of terminal acetylenes is 1. The number of aromatic nitrogens is 2. The van der Waals surface area contributed by atoms with E-state index in [1.165, 1.54) is 0 Å². The smallest absolute Gasteiger partial charge is 0.188 e. The van der Waals surface area contributed by atoms with Gasteiger partial charge in [0, 0.05) is 19.2 Å². The number of hydrogen-bond donors (Lipinski definition) is 2. The van der Waals surface area contributed by atoms with Crippen LogP contribution in [0.15, 0.2) is 30.8 Å². The fraction of sp³-hybridized carbons (Fsp3) is 0.250. The average molecular weight is 334 g/mol. The van der Waals surface area contributed by atoms with Crippen LogP contribution in [-0.2, 0) is 7.05 Å². The van der Waals surface area contributed by atoms with Crippen molar-refractivity contribution in [2.24, 2.45) is 7.05 Å². The number of benzene rings is 1. The lowest BCUT2D eigenvalue weighted by Gasteiger charge is -2.10. The monoisotopic (exact) mass is 334 g/mol. The second-order valence-corrected chi connectivity index (χ2v) is 5.24. The SMILES string of the molecule is C#CCNC(=C)c1c(NCC)nc(C#Cc2cccc(OC)c2)n1C. The third kappa shape index (κ3) is 4.37. The van der Waals surface area contributed by atoms with Crippen LogP contribution in [0, 0.1) is 24.2 Å². The maximum absolute atomic E-state index is 5.31. The van der Waals surface area contributed by atoms with Crippen LogP contribution in [0.1, 0.15) is 24.0 Å². The van der Waals surface area contributed by atoms with Gasteiger partial charge in [-0.1, -0.05) is 24.5 Å². The van der Waals surface area contributed by atoms with Gasteiger partial charge in [-0.2, -0.15) is 0 Å². The highest BCUT2D eigenvalue weighted by atomic mass is 16.5. The standard InChI is InChI=1S/C20H22N4O/c1-6-13-22-15(3)19-20(21-7-2)23-18(24(19)4)12-11-16-9-8-10-17(14-16)25-5/h1,8-10,14,21-22H,3,7,13H2,2,4-5H3. The minimum Gasteiger partial charge on any atom is -0.497 e. The maximum Gasteiger partial charge on any atom is 0.188 e. The quantitative estimate of drug-likeness (QED) is 0.797. The number of hydrogen-bond acceptors (Lipinski definition) is 4. The third-order valence-corrected chi connectivity index (χ3v) is 3.52. The summed E-state index contributed by atoms with van der Waals surface area (Å²) in [5.41, 5.74) is 2.41. The molecule has 0 aliphatic carbocycles. The highest BCUT2D eigenvalue weighted by Gasteiger charge is 2.15.